The smallest absolute Gasteiger partial charge is 0.273 e. The first-order chi connectivity index (χ1) is 13.6. The maximum absolute atomic E-state index is 12.8. The van der Waals surface area contributed by atoms with Crippen molar-refractivity contribution in [2.24, 2.45) is 0 Å². The van der Waals surface area contributed by atoms with Crippen LogP contribution < -0.4 is 0 Å². The molecule has 3 rings (SSSR count). The molecular formula is C22H24N2O3S. The number of benzene rings is 2. The maximum Gasteiger partial charge on any atom is 0.284 e. The van der Waals surface area contributed by atoms with Gasteiger partial charge in [0.2, 0.25) is 5.91 Å². The van der Waals surface area contributed by atoms with E-state index in [1.54, 1.807) is 5.01 Å². The fraction of sp³-hybridized carbons (Fsp3) is 0.318. The van der Waals surface area contributed by atoms with Crippen LogP contribution in [-0.4, -0.2) is 36.9 Å². The summed E-state index contributed by atoms with van der Waals surface area (Å²) in [5.41, 5.74) is 2.00. The Balaban J connectivity index is 1.97. The second-order valence-electron chi connectivity index (χ2n) is 6.88. The minimum atomic E-state index is -0.413. The number of amides is 2. The van der Waals surface area contributed by atoms with Gasteiger partial charge in [-0.2, -0.15) is 0 Å². The van der Waals surface area contributed by atoms with Gasteiger partial charge in [-0.15, -0.1) is 0 Å². The third-order valence-electron chi connectivity index (χ3n) is 4.97. The molecule has 2 amide bonds. The van der Waals surface area contributed by atoms with Crippen LogP contribution in [0.5, 0.6) is 0 Å². The minimum absolute atomic E-state index is 0.205. The lowest BCUT2D eigenvalue weighted by Gasteiger charge is -2.49. The zero-order valence-corrected chi connectivity index (χ0v) is 16.9. The molecule has 5 nitrogen and oxygen atoms in total. The fourth-order valence-corrected chi connectivity index (χ4v) is 4.16. The molecule has 0 saturated carbocycles. The van der Waals surface area contributed by atoms with E-state index in [9.17, 15) is 13.8 Å². The van der Waals surface area contributed by atoms with Crippen LogP contribution in [0.25, 0.3) is 0 Å². The second-order valence-corrected chi connectivity index (χ2v) is 7.49. The molecule has 6 heteroatoms. The molecule has 0 bridgehead atoms. The quantitative estimate of drug-likeness (QED) is 0.534. The zero-order valence-electron chi connectivity index (χ0n) is 16.1. The highest BCUT2D eigenvalue weighted by Crippen LogP contribution is 2.33. The summed E-state index contributed by atoms with van der Waals surface area (Å²) in [6.07, 6.45) is 2.10. The van der Waals surface area contributed by atoms with E-state index in [1.807, 2.05) is 60.7 Å². The average Bonchev–Trinajstić information content (AvgIpc) is 2.71. The van der Waals surface area contributed by atoms with Gasteiger partial charge in [0.05, 0.1) is 6.04 Å². The lowest BCUT2D eigenvalue weighted by molar-refractivity contribution is -0.173. The van der Waals surface area contributed by atoms with Crippen molar-refractivity contribution in [1.29, 1.82) is 0 Å². The normalized spacial score (nSPS) is 17.1. The number of carbonyl (C=O) groups is 2. The Kier molecular flexibility index (Phi) is 6.41. The predicted molar refractivity (Wildman–Crippen MR) is 111 cm³/mol. The van der Waals surface area contributed by atoms with Crippen molar-refractivity contribution in [3.63, 3.8) is 0 Å². The van der Waals surface area contributed by atoms with E-state index in [0.717, 1.165) is 24.0 Å². The maximum atomic E-state index is 12.8. The average molecular weight is 397 g/mol. The molecule has 0 radical (unpaired) electrons. The molecular weight excluding hydrogens is 372 g/mol. The van der Waals surface area contributed by atoms with Gasteiger partial charge in [0.25, 0.3) is 5.91 Å². The van der Waals surface area contributed by atoms with Crippen molar-refractivity contribution in [1.82, 2.24) is 10.0 Å². The molecule has 1 aliphatic rings. The summed E-state index contributed by atoms with van der Waals surface area (Å²) in [7, 11) is 0. The Bertz CT molecular complexity index is 895. The molecule has 0 aliphatic carbocycles. The highest BCUT2D eigenvalue weighted by molar-refractivity contribution is 7.69. The van der Waals surface area contributed by atoms with Gasteiger partial charge in [-0.25, -0.2) is 14.2 Å². The van der Waals surface area contributed by atoms with E-state index in [1.165, 1.54) is 11.9 Å². The molecule has 1 aliphatic heterocycles. The molecule has 146 valence electrons. The van der Waals surface area contributed by atoms with Crippen LogP contribution in [0.3, 0.4) is 0 Å². The van der Waals surface area contributed by atoms with Crippen molar-refractivity contribution < 1.29 is 13.8 Å². The predicted octanol–water partition coefficient (Wildman–Crippen LogP) is 3.13. The topological polar surface area (TPSA) is 57.7 Å². The third-order valence-corrected chi connectivity index (χ3v) is 5.60. The number of carbonyl (C=O) groups excluding carboxylic acids is 2. The van der Waals surface area contributed by atoms with Crippen molar-refractivity contribution in [3.8, 4) is 0 Å². The third kappa shape index (κ3) is 3.92. The van der Waals surface area contributed by atoms with Crippen molar-refractivity contribution in [2.45, 2.75) is 45.2 Å². The summed E-state index contributed by atoms with van der Waals surface area (Å²) >= 11 is 0.238. The molecule has 0 spiro atoms. The summed E-state index contributed by atoms with van der Waals surface area (Å²) in [5, 5.41) is 3.04. The summed E-state index contributed by atoms with van der Waals surface area (Å²) in [4.78, 5) is 25.7. The lowest BCUT2D eigenvalue weighted by atomic mass is 9.94. The highest BCUT2D eigenvalue weighted by atomic mass is 32.1. The van der Waals surface area contributed by atoms with Gasteiger partial charge in [0.1, 0.15) is 22.2 Å². The van der Waals surface area contributed by atoms with Gasteiger partial charge in [0.15, 0.2) is 0 Å². The Hall–Kier alpha value is -2.73. The van der Waals surface area contributed by atoms with Gasteiger partial charge < -0.3 is 0 Å². The van der Waals surface area contributed by atoms with Crippen LogP contribution in [0.1, 0.15) is 43.9 Å². The van der Waals surface area contributed by atoms with E-state index in [0.29, 0.717) is 6.42 Å². The van der Waals surface area contributed by atoms with E-state index >= 15 is 0 Å². The van der Waals surface area contributed by atoms with Crippen LogP contribution in [0, 0.1) is 0 Å². The van der Waals surface area contributed by atoms with Gasteiger partial charge >= 0.3 is 0 Å². The van der Waals surface area contributed by atoms with E-state index in [-0.39, 0.29) is 34.0 Å². The van der Waals surface area contributed by atoms with Crippen LogP contribution in [-0.2, 0) is 27.3 Å². The molecule has 2 unspecified atom stereocenters. The summed E-state index contributed by atoms with van der Waals surface area (Å²) in [6.45, 7) is 3.53. The standard InChI is InChI=1S/C22H24N2O3S/c1-3-10-19(18-13-8-5-9-14-18)23(16(2)25)24-20(21(28-27)22(24)26)15-17-11-6-4-7-12-17/h4-9,11-14,19-20H,3,10,15H2,1-2H3. The number of β-lactam (4-membered cyclic amide) rings is 1. The van der Waals surface area contributed by atoms with Crippen LogP contribution in [0.2, 0.25) is 0 Å². The number of hydrogen-bond acceptors (Lipinski definition) is 3. The largest absolute Gasteiger partial charge is 0.284 e. The summed E-state index contributed by atoms with van der Waals surface area (Å²) < 4.78 is 11.6. The molecule has 0 aromatic heterocycles. The fourth-order valence-electron chi connectivity index (χ4n) is 3.70. The van der Waals surface area contributed by atoms with E-state index < -0.39 is 6.04 Å². The van der Waals surface area contributed by atoms with Crippen LogP contribution >= 0.6 is 0 Å². The second kappa shape index (κ2) is 8.97. The molecule has 2 aromatic carbocycles. The first-order valence-corrected chi connectivity index (χ1v) is 10.2. The highest BCUT2D eigenvalue weighted by Gasteiger charge is 2.49. The number of nitrogens with zero attached hydrogens (tertiary/aromatic N) is 2. The van der Waals surface area contributed by atoms with Crippen molar-refractivity contribution in [2.75, 3.05) is 0 Å². The summed E-state index contributed by atoms with van der Waals surface area (Å²) in [5.74, 6) is -0.572. The SMILES string of the molecule is CCCC(c1ccccc1)N(C(C)=O)N1C(=O)C(=S=O)C1Cc1ccccc1. The zero-order chi connectivity index (χ0) is 20.1. The first-order valence-electron chi connectivity index (χ1n) is 9.47. The lowest BCUT2D eigenvalue weighted by Crippen LogP contribution is -2.70. The Morgan fingerprint density at radius 2 is 1.71 bits per heavy atom. The number of hydrazine groups is 1. The van der Waals surface area contributed by atoms with E-state index in [4.69, 9.17) is 0 Å². The van der Waals surface area contributed by atoms with E-state index in [2.05, 4.69) is 6.92 Å². The molecule has 1 saturated heterocycles. The van der Waals surface area contributed by atoms with Gasteiger partial charge in [-0.1, -0.05) is 74.0 Å². The van der Waals surface area contributed by atoms with Gasteiger partial charge in [-0.3, -0.25) is 9.59 Å². The molecule has 2 atom stereocenters. The van der Waals surface area contributed by atoms with Crippen LogP contribution in [0.4, 0.5) is 0 Å². The monoisotopic (exact) mass is 396 g/mol. The molecule has 1 fully saturated rings. The Labute approximate surface area is 169 Å². The van der Waals surface area contributed by atoms with Gasteiger partial charge in [0, 0.05) is 13.3 Å². The number of rotatable bonds is 7. The Morgan fingerprint density at radius 1 is 1.11 bits per heavy atom. The van der Waals surface area contributed by atoms with Crippen LogP contribution in [0.15, 0.2) is 60.7 Å². The van der Waals surface area contributed by atoms with Crippen molar-refractivity contribution >= 4 is 27.9 Å². The summed E-state index contributed by atoms with van der Waals surface area (Å²) in [6, 6.07) is 18.8. The minimum Gasteiger partial charge on any atom is -0.273 e. The van der Waals surface area contributed by atoms with Crippen molar-refractivity contribution in [3.05, 3.63) is 71.8 Å². The molecule has 28 heavy (non-hydrogen) atoms. The number of hydrogen-bond donors (Lipinski definition) is 0. The molecule has 2 aromatic rings. The Morgan fingerprint density at radius 3 is 2.25 bits per heavy atom. The van der Waals surface area contributed by atoms with Gasteiger partial charge in [-0.05, 0) is 17.5 Å². The molecule has 0 N–H and O–H groups in total. The molecule has 1 heterocycles. The first kappa shape index (κ1) is 20.0.